The van der Waals surface area contributed by atoms with Crippen molar-refractivity contribution in [2.75, 3.05) is 0 Å². The van der Waals surface area contributed by atoms with E-state index < -0.39 is 0 Å². The lowest BCUT2D eigenvalue weighted by atomic mass is 9.97. The number of aromatic nitrogens is 1. The fraction of sp³-hybridized carbons (Fsp3) is 0. The largest absolute Gasteiger partial charge is 0.354 e. The highest BCUT2D eigenvalue weighted by atomic mass is 32.1. The first-order valence-electron chi connectivity index (χ1n) is 8.19. The molecule has 0 bridgehead atoms. The second-order valence-corrected chi connectivity index (χ2v) is 7.88. The van der Waals surface area contributed by atoms with E-state index in [4.69, 9.17) is 0 Å². The van der Waals surface area contributed by atoms with Crippen LogP contribution in [0.1, 0.15) is 15.3 Å². The van der Waals surface area contributed by atoms with E-state index in [-0.39, 0.29) is 0 Å². The number of benzene rings is 2. The van der Waals surface area contributed by atoms with Crippen LogP contribution in [0.4, 0.5) is 0 Å². The van der Waals surface area contributed by atoms with Crippen LogP contribution in [0.2, 0.25) is 0 Å². The summed E-state index contributed by atoms with van der Waals surface area (Å²) in [4.78, 5) is 6.13. The Morgan fingerprint density at radius 3 is 2.44 bits per heavy atom. The summed E-state index contributed by atoms with van der Waals surface area (Å²) in [5.41, 5.74) is 4.94. The molecule has 0 aliphatic rings. The molecule has 2 aromatic carbocycles. The minimum absolute atomic E-state index is 1.19. The van der Waals surface area contributed by atoms with Crippen molar-refractivity contribution in [2.45, 2.75) is 0 Å². The lowest BCUT2D eigenvalue weighted by molar-refractivity contribution is 1.54. The van der Waals surface area contributed by atoms with Crippen LogP contribution in [-0.4, -0.2) is 4.98 Å². The zero-order valence-corrected chi connectivity index (χ0v) is 15.0. The van der Waals surface area contributed by atoms with E-state index in [0.717, 1.165) is 0 Å². The summed E-state index contributed by atoms with van der Waals surface area (Å²) in [7, 11) is 0. The molecule has 120 valence electrons. The average Bonchev–Trinajstić information content (AvgIpc) is 3.38. The first-order valence-corrected chi connectivity index (χ1v) is 9.95. The quantitative estimate of drug-likeness (QED) is 0.357. The van der Waals surface area contributed by atoms with Gasteiger partial charge in [-0.25, -0.2) is 0 Å². The van der Waals surface area contributed by atoms with Gasteiger partial charge < -0.3 is 4.98 Å². The van der Waals surface area contributed by atoms with Gasteiger partial charge in [-0.3, -0.25) is 0 Å². The number of rotatable bonds is 3. The Kier molecular flexibility index (Phi) is 3.54. The molecule has 0 atom stereocenters. The molecule has 1 N–H and O–H groups in total. The Balaban J connectivity index is 1.85. The smallest absolute Gasteiger partial charge is 0.0471 e. The summed E-state index contributed by atoms with van der Waals surface area (Å²) >= 11 is 3.57. The maximum atomic E-state index is 3.56. The highest BCUT2D eigenvalue weighted by Crippen LogP contribution is 2.37. The maximum Gasteiger partial charge on any atom is 0.0471 e. The van der Waals surface area contributed by atoms with Crippen molar-refractivity contribution in [3.63, 3.8) is 0 Å². The molecule has 5 aromatic rings. The fourth-order valence-electron chi connectivity index (χ4n) is 3.36. The third-order valence-electron chi connectivity index (χ3n) is 4.44. The third-order valence-corrected chi connectivity index (χ3v) is 6.16. The number of thiophene rings is 2. The van der Waals surface area contributed by atoms with Gasteiger partial charge in [0, 0.05) is 37.1 Å². The van der Waals surface area contributed by atoms with Crippen molar-refractivity contribution in [1.29, 1.82) is 0 Å². The number of aromatic amines is 1. The number of H-pyrrole nitrogens is 1. The molecular formula is C22H15NS2. The summed E-state index contributed by atoms with van der Waals surface area (Å²) < 4.78 is 0. The minimum Gasteiger partial charge on any atom is -0.354 e. The van der Waals surface area contributed by atoms with Crippen LogP contribution in [0, 0.1) is 0 Å². The van der Waals surface area contributed by atoms with Gasteiger partial charge >= 0.3 is 0 Å². The predicted octanol–water partition coefficient (Wildman–Crippen LogP) is 7.03. The molecule has 0 saturated carbocycles. The summed E-state index contributed by atoms with van der Waals surface area (Å²) in [6.07, 6.45) is 2.31. The van der Waals surface area contributed by atoms with Crippen molar-refractivity contribution in [3.8, 4) is 0 Å². The van der Waals surface area contributed by atoms with Crippen LogP contribution in [0.25, 0.3) is 33.5 Å². The van der Waals surface area contributed by atoms with Crippen molar-refractivity contribution < 1.29 is 0 Å². The molecular weight excluding hydrogens is 342 g/mol. The standard InChI is InChI=1S/C22H15NS2/c1-2-9-19-17(7-1)22-16(8-3-10-20(22)23-19)18(21-11-5-13-25-21)14-15-6-4-12-24-15/h1-14,23H/b18-14-. The van der Waals surface area contributed by atoms with E-state index in [1.807, 2.05) is 0 Å². The van der Waals surface area contributed by atoms with Gasteiger partial charge in [-0.15, -0.1) is 22.7 Å². The van der Waals surface area contributed by atoms with Gasteiger partial charge in [0.25, 0.3) is 0 Å². The Bertz CT molecular complexity index is 1180. The number of para-hydroxylation sites is 1. The maximum absolute atomic E-state index is 3.56. The summed E-state index contributed by atoms with van der Waals surface area (Å²) in [5.74, 6) is 0. The van der Waals surface area contributed by atoms with Gasteiger partial charge in [0.1, 0.15) is 0 Å². The molecule has 1 nitrogen and oxygen atoms in total. The lowest BCUT2D eigenvalue weighted by Gasteiger charge is -2.08. The topological polar surface area (TPSA) is 15.8 Å². The molecule has 0 fully saturated rings. The van der Waals surface area contributed by atoms with Crippen molar-refractivity contribution in [3.05, 3.63) is 92.8 Å². The molecule has 0 aliphatic carbocycles. The molecule has 0 aliphatic heterocycles. The molecule has 0 radical (unpaired) electrons. The summed E-state index contributed by atoms with van der Waals surface area (Å²) in [6.45, 7) is 0. The normalized spacial score (nSPS) is 12.2. The second-order valence-electron chi connectivity index (χ2n) is 5.95. The van der Waals surface area contributed by atoms with Gasteiger partial charge in [-0.1, -0.05) is 42.5 Å². The van der Waals surface area contributed by atoms with Gasteiger partial charge in [0.2, 0.25) is 0 Å². The SMILES string of the molecule is C(=C(/c1cccs1)c1cccc2[nH]c3ccccc3c12)/c1cccs1. The monoisotopic (exact) mass is 357 g/mol. The number of fused-ring (bicyclic) bond motifs is 3. The van der Waals surface area contributed by atoms with Crippen LogP contribution >= 0.6 is 22.7 Å². The van der Waals surface area contributed by atoms with Gasteiger partial charge in [0.15, 0.2) is 0 Å². The summed E-state index contributed by atoms with van der Waals surface area (Å²) in [6, 6.07) is 23.7. The molecule has 25 heavy (non-hydrogen) atoms. The van der Waals surface area contributed by atoms with Gasteiger partial charge in [-0.2, -0.15) is 0 Å². The van der Waals surface area contributed by atoms with Crippen LogP contribution in [0.5, 0.6) is 0 Å². The Morgan fingerprint density at radius 2 is 1.60 bits per heavy atom. The first-order chi connectivity index (χ1) is 12.4. The predicted molar refractivity (Wildman–Crippen MR) is 111 cm³/mol. The van der Waals surface area contributed by atoms with Crippen molar-refractivity contribution in [1.82, 2.24) is 4.98 Å². The Morgan fingerprint density at radius 1 is 0.760 bits per heavy atom. The van der Waals surface area contributed by atoms with Crippen LogP contribution in [0.15, 0.2) is 77.5 Å². The molecule has 0 amide bonds. The van der Waals surface area contributed by atoms with E-state index in [2.05, 4.69) is 88.6 Å². The highest BCUT2D eigenvalue weighted by molar-refractivity contribution is 7.12. The first kappa shape index (κ1) is 14.7. The second kappa shape index (κ2) is 6.03. The van der Waals surface area contributed by atoms with E-state index in [1.54, 1.807) is 22.7 Å². The molecule has 0 unspecified atom stereocenters. The van der Waals surface area contributed by atoms with E-state index in [0.29, 0.717) is 0 Å². The average molecular weight is 358 g/mol. The molecule has 0 saturated heterocycles. The molecule has 5 rings (SSSR count). The van der Waals surface area contributed by atoms with Crippen molar-refractivity contribution in [2.24, 2.45) is 0 Å². The zero-order valence-electron chi connectivity index (χ0n) is 13.4. The molecule has 3 aromatic heterocycles. The number of hydrogen-bond acceptors (Lipinski definition) is 2. The Hall–Kier alpha value is -2.62. The lowest BCUT2D eigenvalue weighted by Crippen LogP contribution is -1.86. The molecule has 0 spiro atoms. The number of hydrogen-bond donors (Lipinski definition) is 1. The van der Waals surface area contributed by atoms with Crippen molar-refractivity contribution >= 4 is 56.1 Å². The van der Waals surface area contributed by atoms with Crippen LogP contribution in [-0.2, 0) is 0 Å². The third kappa shape index (κ3) is 2.53. The molecule has 3 heterocycles. The zero-order chi connectivity index (χ0) is 16.6. The summed E-state index contributed by atoms with van der Waals surface area (Å²) in [5, 5.41) is 6.85. The van der Waals surface area contributed by atoms with E-state index >= 15 is 0 Å². The fourth-order valence-corrected chi connectivity index (χ4v) is 4.77. The minimum atomic E-state index is 1.19. The molecule has 3 heteroatoms. The number of nitrogens with one attached hydrogen (secondary N) is 1. The van der Waals surface area contributed by atoms with E-state index in [9.17, 15) is 0 Å². The van der Waals surface area contributed by atoms with Gasteiger partial charge in [-0.05, 0) is 46.7 Å². The Labute approximate surface area is 153 Å². The highest BCUT2D eigenvalue weighted by Gasteiger charge is 2.14. The van der Waals surface area contributed by atoms with E-state index in [1.165, 1.54) is 42.7 Å². The van der Waals surface area contributed by atoms with Crippen LogP contribution in [0.3, 0.4) is 0 Å². The van der Waals surface area contributed by atoms with Crippen LogP contribution < -0.4 is 0 Å². The van der Waals surface area contributed by atoms with Gasteiger partial charge in [0.05, 0.1) is 0 Å².